The van der Waals surface area contributed by atoms with Crippen LogP contribution in [0.2, 0.25) is 0 Å². The molecule has 1 N–H and O–H groups in total. The Morgan fingerprint density at radius 3 is 2.79 bits per heavy atom. The third kappa shape index (κ3) is 3.46. The summed E-state index contributed by atoms with van der Waals surface area (Å²) in [4.78, 5) is 29.7. The molecule has 0 aromatic carbocycles. The van der Waals surface area contributed by atoms with Crippen molar-refractivity contribution in [2.75, 3.05) is 11.6 Å². The second-order valence-electron chi connectivity index (χ2n) is 6.17. The molecular formula is C18H18N8OS. The normalized spacial score (nSPS) is 11.1. The molecule has 4 aromatic heterocycles. The first-order valence-corrected chi connectivity index (χ1v) is 9.78. The summed E-state index contributed by atoms with van der Waals surface area (Å²) < 4.78 is 3.48. The van der Waals surface area contributed by atoms with Crippen LogP contribution in [0.3, 0.4) is 0 Å². The number of imidazole rings is 1. The zero-order valence-corrected chi connectivity index (χ0v) is 16.4. The number of rotatable bonds is 5. The number of aryl methyl sites for hydroxylation is 2. The standard InChI is InChI=1S/C18H18N8OS/c1-11-14(12(2)26-17(21-11)23-18(24-26)28-3)8-16(27)22-13-4-5-15(20-9-13)25-7-6-19-10-25/h4-7,9-10H,8H2,1-3H3,(H,22,27). The lowest BCUT2D eigenvalue weighted by molar-refractivity contribution is -0.115. The molecule has 0 saturated heterocycles. The molecule has 0 radical (unpaired) electrons. The number of fused-ring (bicyclic) bond motifs is 1. The maximum absolute atomic E-state index is 12.6. The number of hydrogen-bond donors (Lipinski definition) is 1. The Balaban J connectivity index is 1.52. The van der Waals surface area contributed by atoms with Crippen molar-refractivity contribution < 1.29 is 4.79 Å². The summed E-state index contributed by atoms with van der Waals surface area (Å²) in [6.07, 6.45) is 8.89. The fourth-order valence-corrected chi connectivity index (χ4v) is 3.24. The van der Waals surface area contributed by atoms with E-state index in [9.17, 15) is 4.79 Å². The summed E-state index contributed by atoms with van der Waals surface area (Å²) in [6, 6.07) is 3.63. The number of anilines is 1. The average molecular weight is 394 g/mol. The molecule has 142 valence electrons. The Labute approximate surface area is 165 Å². The SMILES string of the molecule is CSc1nc2nc(C)c(CC(=O)Nc3ccc(-n4ccnc4)nc3)c(C)n2n1. The Hall–Kier alpha value is -3.27. The van der Waals surface area contributed by atoms with E-state index < -0.39 is 0 Å². The third-order valence-corrected chi connectivity index (χ3v) is 4.89. The number of thioether (sulfide) groups is 1. The van der Waals surface area contributed by atoms with E-state index in [2.05, 4.69) is 30.4 Å². The molecule has 0 aliphatic rings. The predicted molar refractivity (Wildman–Crippen MR) is 106 cm³/mol. The highest BCUT2D eigenvalue weighted by Crippen LogP contribution is 2.18. The second-order valence-corrected chi connectivity index (χ2v) is 6.94. The molecule has 28 heavy (non-hydrogen) atoms. The van der Waals surface area contributed by atoms with E-state index in [0.717, 1.165) is 22.8 Å². The largest absolute Gasteiger partial charge is 0.324 e. The lowest BCUT2D eigenvalue weighted by atomic mass is 10.1. The monoisotopic (exact) mass is 394 g/mol. The Kier molecular flexibility index (Phi) is 4.78. The van der Waals surface area contributed by atoms with E-state index in [4.69, 9.17) is 0 Å². The van der Waals surface area contributed by atoms with Crippen LogP contribution in [0.15, 0.2) is 42.2 Å². The highest BCUT2D eigenvalue weighted by atomic mass is 32.2. The average Bonchev–Trinajstić information content (AvgIpc) is 3.35. The first kappa shape index (κ1) is 18.1. The van der Waals surface area contributed by atoms with Gasteiger partial charge in [0, 0.05) is 29.3 Å². The molecule has 0 aliphatic carbocycles. The minimum absolute atomic E-state index is 0.144. The Morgan fingerprint density at radius 1 is 1.25 bits per heavy atom. The van der Waals surface area contributed by atoms with Gasteiger partial charge in [0.25, 0.3) is 5.78 Å². The van der Waals surface area contributed by atoms with Crippen molar-refractivity contribution in [2.24, 2.45) is 0 Å². The number of carbonyl (C=O) groups is 1. The van der Waals surface area contributed by atoms with Crippen molar-refractivity contribution in [3.8, 4) is 5.82 Å². The van der Waals surface area contributed by atoms with Gasteiger partial charge in [-0.3, -0.25) is 9.36 Å². The van der Waals surface area contributed by atoms with E-state index in [1.165, 1.54) is 11.8 Å². The summed E-state index contributed by atoms with van der Waals surface area (Å²) in [5.74, 6) is 1.13. The molecule has 0 aliphatic heterocycles. The van der Waals surface area contributed by atoms with E-state index in [1.807, 2.05) is 38.4 Å². The Bertz CT molecular complexity index is 1130. The van der Waals surface area contributed by atoms with E-state index in [1.54, 1.807) is 27.8 Å². The van der Waals surface area contributed by atoms with Crippen LogP contribution in [0.5, 0.6) is 0 Å². The van der Waals surface area contributed by atoms with Gasteiger partial charge >= 0.3 is 0 Å². The summed E-state index contributed by atoms with van der Waals surface area (Å²) >= 11 is 1.46. The maximum atomic E-state index is 12.6. The number of nitrogens with zero attached hydrogens (tertiary/aromatic N) is 7. The van der Waals surface area contributed by atoms with Gasteiger partial charge in [-0.15, -0.1) is 5.10 Å². The number of nitrogens with one attached hydrogen (secondary N) is 1. The first-order chi connectivity index (χ1) is 13.5. The number of pyridine rings is 1. The number of amides is 1. The summed E-state index contributed by atoms with van der Waals surface area (Å²) in [5.41, 5.74) is 3.10. The van der Waals surface area contributed by atoms with Crippen molar-refractivity contribution in [2.45, 2.75) is 25.4 Å². The maximum Gasteiger partial charge on any atom is 0.253 e. The molecule has 4 aromatic rings. The van der Waals surface area contributed by atoms with Crippen molar-refractivity contribution in [3.63, 3.8) is 0 Å². The minimum Gasteiger partial charge on any atom is -0.324 e. The van der Waals surface area contributed by atoms with Crippen LogP contribution in [-0.4, -0.2) is 46.3 Å². The lowest BCUT2D eigenvalue weighted by Crippen LogP contribution is -2.18. The molecule has 9 nitrogen and oxygen atoms in total. The molecule has 0 atom stereocenters. The number of aromatic nitrogens is 7. The van der Waals surface area contributed by atoms with Gasteiger partial charge in [0.2, 0.25) is 11.1 Å². The summed E-state index contributed by atoms with van der Waals surface area (Å²) in [6.45, 7) is 3.80. The second kappa shape index (κ2) is 7.39. The summed E-state index contributed by atoms with van der Waals surface area (Å²) in [7, 11) is 0. The van der Waals surface area contributed by atoms with E-state index in [0.29, 0.717) is 16.6 Å². The van der Waals surface area contributed by atoms with E-state index >= 15 is 0 Å². The highest BCUT2D eigenvalue weighted by molar-refractivity contribution is 7.98. The zero-order chi connectivity index (χ0) is 19.7. The fourth-order valence-electron chi connectivity index (χ4n) is 2.91. The third-order valence-electron chi connectivity index (χ3n) is 4.35. The van der Waals surface area contributed by atoms with Gasteiger partial charge in [-0.2, -0.15) is 4.98 Å². The summed E-state index contributed by atoms with van der Waals surface area (Å²) in [5, 5.41) is 7.95. The molecule has 4 heterocycles. The quantitative estimate of drug-likeness (QED) is 0.518. The molecule has 0 saturated carbocycles. The molecule has 0 unspecified atom stereocenters. The highest BCUT2D eigenvalue weighted by Gasteiger charge is 2.16. The van der Waals surface area contributed by atoms with Crippen molar-refractivity contribution in [1.82, 2.24) is 34.1 Å². The van der Waals surface area contributed by atoms with Crippen LogP contribution >= 0.6 is 11.8 Å². The van der Waals surface area contributed by atoms with Gasteiger partial charge in [-0.25, -0.2) is 19.5 Å². The molecule has 0 bridgehead atoms. The van der Waals surface area contributed by atoms with Crippen molar-refractivity contribution in [3.05, 3.63) is 54.0 Å². The first-order valence-electron chi connectivity index (χ1n) is 8.56. The lowest BCUT2D eigenvalue weighted by Gasteiger charge is -2.11. The number of hydrogen-bond acceptors (Lipinski definition) is 7. The topological polar surface area (TPSA) is 103 Å². The molecule has 10 heteroatoms. The van der Waals surface area contributed by atoms with Crippen molar-refractivity contribution >= 4 is 29.1 Å². The zero-order valence-electron chi connectivity index (χ0n) is 15.6. The molecule has 4 rings (SSSR count). The van der Waals surface area contributed by atoms with Crippen LogP contribution in [-0.2, 0) is 11.2 Å². The van der Waals surface area contributed by atoms with E-state index in [-0.39, 0.29) is 12.3 Å². The molecular weight excluding hydrogens is 376 g/mol. The van der Waals surface area contributed by atoms with Gasteiger partial charge in [0.05, 0.1) is 18.3 Å². The smallest absolute Gasteiger partial charge is 0.253 e. The van der Waals surface area contributed by atoms with Gasteiger partial charge in [-0.05, 0) is 32.2 Å². The molecule has 0 fully saturated rings. The van der Waals surface area contributed by atoms with Gasteiger partial charge < -0.3 is 5.32 Å². The van der Waals surface area contributed by atoms with Crippen LogP contribution in [0.1, 0.15) is 17.0 Å². The van der Waals surface area contributed by atoms with Gasteiger partial charge in [0.15, 0.2) is 0 Å². The van der Waals surface area contributed by atoms with Crippen LogP contribution in [0, 0.1) is 13.8 Å². The predicted octanol–water partition coefficient (Wildman–Crippen LogP) is 2.22. The number of carbonyl (C=O) groups excluding carboxylic acids is 1. The van der Waals surface area contributed by atoms with Gasteiger partial charge in [-0.1, -0.05) is 11.8 Å². The fraction of sp³-hybridized carbons (Fsp3) is 0.222. The molecule has 0 spiro atoms. The molecule has 1 amide bonds. The van der Waals surface area contributed by atoms with Crippen LogP contribution in [0.25, 0.3) is 11.6 Å². The van der Waals surface area contributed by atoms with Crippen molar-refractivity contribution in [1.29, 1.82) is 0 Å². The van der Waals surface area contributed by atoms with Crippen LogP contribution < -0.4 is 5.32 Å². The van der Waals surface area contributed by atoms with Crippen LogP contribution in [0.4, 0.5) is 5.69 Å². The minimum atomic E-state index is -0.144. The van der Waals surface area contributed by atoms with Gasteiger partial charge in [0.1, 0.15) is 12.1 Å². The Morgan fingerprint density at radius 2 is 2.11 bits per heavy atom.